The lowest BCUT2D eigenvalue weighted by molar-refractivity contribution is 0.156. The normalized spacial score (nSPS) is 26.1. The summed E-state index contributed by atoms with van der Waals surface area (Å²) in [4.78, 5) is 2.52. The molecular weight excluding hydrogens is 268 g/mol. The van der Waals surface area contributed by atoms with Crippen LogP contribution in [-0.4, -0.2) is 40.2 Å². The maximum Gasteiger partial charge on any atom is 0.0895 e. The van der Waals surface area contributed by atoms with Crippen LogP contribution in [0.15, 0.2) is 5.38 Å². The molecule has 1 unspecified atom stereocenters. The van der Waals surface area contributed by atoms with Gasteiger partial charge in [-0.15, -0.1) is 17.5 Å². The Labute approximate surface area is 119 Å². The first-order valence-corrected chi connectivity index (χ1v) is 7.47. The maximum atomic E-state index is 4.12. The molecule has 3 rings (SSSR count). The number of aromatic nitrogens is 2. The van der Waals surface area contributed by atoms with Crippen molar-refractivity contribution in [2.24, 2.45) is 5.92 Å². The highest BCUT2D eigenvalue weighted by atomic mass is 35.5. The van der Waals surface area contributed by atoms with Gasteiger partial charge in [0.25, 0.3) is 0 Å². The Morgan fingerprint density at radius 2 is 2.17 bits per heavy atom. The number of nitrogens with one attached hydrogen (secondary N) is 1. The molecule has 1 aromatic heterocycles. The molecule has 0 aliphatic carbocycles. The summed E-state index contributed by atoms with van der Waals surface area (Å²) >= 11 is 1.45. The largest absolute Gasteiger partial charge is 0.314 e. The summed E-state index contributed by atoms with van der Waals surface area (Å²) in [7, 11) is 0. The van der Waals surface area contributed by atoms with Crippen molar-refractivity contribution in [3.05, 3.63) is 11.1 Å². The van der Waals surface area contributed by atoms with Crippen LogP contribution in [0.4, 0.5) is 0 Å². The molecule has 6 heteroatoms. The van der Waals surface area contributed by atoms with Crippen LogP contribution in [0.5, 0.6) is 0 Å². The van der Waals surface area contributed by atoms with Crippen LogP contribution in [0.1, 0.15) is 31.4 Å². The Morgan fingerprint density at radius 3 is 2.78 bits per heavy atom. The van der Waals surface area contributed by atoms with Gasteiger partial charge in [0.05, 0.1) is 5.69 Å². The van der Waals surface area contributed by atoms with Crippen molar-refractivity contribution >= 4 is 23.9 Å². The summed E-state index contributed by atoms with van der Waals surface area (Å²) in [6.45, 7) is 4.66. The second kappa shape index (κ2) is 6.80. The van der Waals surface area contributed by atoms with E-state index in [0.29, 0.717) is 0 Å². The van der Waals surface area contributed by atoms with Gasteiger partial charge in [-0.2, -0.15) is 0 Å². The third-order valence-corrected chi connectivity index (χ3v) is 4.64. The van der Waals surface area contributed by atoms with Gasteiger partial charge in [0.2, 0.25) is 0 Å². The molecule has 0 saturated carbocycles. The molecule has 0 aromatic carbocycles. The van der Waals surface area contributed by atoms with Crippen molar-refractivity contribution in [3.8, 4) is 0 Å². The first-order valence-electron chi connectivity index (χ1n) is 6.63. The fraction of sp³-hybridized carbons (Fsp3) is 0.833. The van der Waals surface area contributed by atoms with Gasteiger partial charge >= 0.3 is 0 Å². The fourth-order valence-corrected chi connectivity index (χ4v) is 3.55. The van der Waals surface area contributed by atoms with E-state index in [1.165, 1.54) is 56.9 Å². The number of piperidine rings is 1. The number of rotatable bonds is 3. The van der Waals surface area contributed by atoms with E-state index in [4.69, 9.17) is 0 Å². The highest BCUT2D eigenvalue weighted by Gasteiger charge is 2.28. The minimum atomic E-state index is 0. The SMILES string of the molecule is Cl.c1snnc1CN1CCC(C2CCCN2)CC1. The first kappa shape index (κ1) is 14.2. The maximum absolute atomic E-state index is 4.12. The number of halogens is 1. The van der Waals surface area contributed by atoms with Gasteiger partial charge in [-0.05, 0) is 62.8 Å². The van der Waals surface area contributed by atoms with E-state index >= 15 is 0 Å². The lowest BCUT2D eigenvalue weighted by Gasteiger charge is -2.34. The molecule has 102 valence electrons. The van der Waals surface area contributed by atoms with Crippen LogP contribution in [0.3, 0.4) is 0 Å². The van der Waals surface area contributed by atoms with E-state index in [1.54, 1.807) is 0 Å². The van der Waals surface area contributed by atoms with Crippen molar-refractivity contribution in [2.75, 3.05) is 19.6 Å². The third-order valence-electron chi connectivity index (χ3n) is 4.09. The molecule has 2 aliphatic heterocycles. The minimum absolute atomic E-state index is 0. The number of hydrogen-bond acceptors (Lipinski definition) is 5. The van der Waals surface area contributed by atoms with Crippen LogP contribution >= 0.6 is 23.9 Å². The predicted molar refractivity (Wildman–Crippen MR) is 76.2 cm³/mol. The molecule has 0 spiro atoms. The molecule has 2 saturated heterocycles. The molecule has 18 heavy (non-hydrogen) atoms. The second-order valence-corrected chi connectivity index (χ2v) is 5.82. The zero-order valence-electron chi connectivity index (χ0n) is 10.5. The van der Waals surface area contributed by atoms with Crippen LogP contribution < -0.4 is 5.32 Å². The zero-order valence-corrected chi connectivity index (χ0v) is 12.2. The molecule has 2 fully saturated rings. The monoisotopic (exact) mass is 288 g/mol. The van der Waals surface area contributed by atoms with Gasteiger partial charge in [-0.1, -0.05) is 4.49 Å². The van der Waals surface area contributed by atoms with Gasteiger partial charge in [0.15, 0.2) is 0 Å². The highest BCUT2D eigenvalue weighted by Crippen LogP contribution is 2.26. The summed E-state index contributed by atoms with van der Waals surface area (Å²) < 4.78 is 3.92. The van der Waals surface area contributed by atoms with Crippen LogP contribution in [0.2, 0.25) is 0 Å². The highest BCUT2D eigenvalue weighted by molar-refractivity contribution is 7.03. The molecule has 1 aromatic rings. The number of nitrogens with zero attached hydrogens (tertiary/aromatic N) is 3. The van der Waals surface area contributed by atoms with Gasteiger partial charge in [0, 0.05) is 18.0 Å². The molecule has 0 bridgehead atoms. The summed E-state index contributed by atoms with van der Waals surface area (Å²) in [6.07, 6.45) is 5.44. The van der Waals surface area contributed by atoms with E-state index in [2.05, 4.69) is 25.2 Å². The average Bonchev–Trinajstić information content (AvgIpc) is 3.01. The molecule has 2 aliphatic rings. The van der Waals surface area contributed by atoms with E-state index in [0.717, 1.165) is 24.2 Å². The van der Waals surface area contributed by atoms with E-state index in [1.807, 2.05) is 0 Å². The molecule has 4 nitrogen and oxygen atoms in total. The first-order chi connectivity index (χ1) is 8.42. The van der Waals surface area contributed by atoms with E-state index < -0.39 is 0 Å². The Kier molecular flexibility index (Phi) is 5.36. The Balaban J connectivity index is 0.00000120. The van der Waals surface area contributed by atoms with Gasteiger partial charge in [-0.25, -0.2) is 0 Å². The van der Waals surface area contributed by atoms with Gasteiger partial charge < -0.3 is 5.32 Å². The van der Waals surface area contributed by atoms with Gasteiger partial charge in [-0.3, -0.25) is 4.90 Å². The predicted octanol–water partition coefficient (Wildman–Crippen LogP) is 1.92. The van der Waals surface area contributed by atoms with Gasteiger partial charge in [0.1, 0.15) is 0 Å². The second-order valence-electron chi connectivity index (χ2n) is 5.21. The van der Waals surface area contributed by atoms with Crippen molar-refractivity contribution in [2.45, 2.75) is 38.3 Å². The lowest BCUT2D eigenvalue weighted by Crippen LogP contribution is -2.40. The zero-order chi connectivity index (χ0) is 11.5. The topological polar surface area (TPSA) is 41.1 Å². The Morgan fingerprint density at radius 1 is 1.33 bits per heavy atom. The standard InChI is InChI=1S/C12H20N4S.ClH/c1-2-12(13-5-1)10-3-6-16(7-4-10)8-11-9-17-15-14-11;/h9-10,12-13H,1-8H2;1H. The summed E-state index contributed by atoms with van der Waals surface area (Å²) in [5, 5.41) is 9.83. The van der Waals surface area contributed by atoms with E-state index in [-0.39, 0.29) is 12.4 Å². The molecular formula is C12H21ClN4S. The average molecular weight is 289 g/mol. The van der Waals surface area contributed by atoms with Crippen molar-refractivity contribution in [1.29, 1.82) is 0 Å². The third kappa shape index (κ3) is 3.41. The van der Waals surface area contributed by atoms with Crippen molar-refractivity contribution in [1.82, 2.24) is 19.8 Å². The summed E-state index contributed by atoms with van der Waals surface area (Å²) in [5.74, 6) is 0.905. The van der Waals surface area contributed by atoms with Crippen LogP contribution in [0, 0.1) is 5.92 Å². The van der Waals surface area contributed by atoms with Crippen LogP contribution in [0.25, 0.3) is 0 Å². The van der Waals surface area contributed by atoms with Crippen LogP contribution in [-0.2, 0) is 6.54 Å². The van der Waals surface area contributed by atoms with E-state index in [9.17, 15) is 0 Å². The molecule has 1 atom stereocenters. The fourth-order valence-electron chi connectivity index (χ4n) is 3.11. The van der Waals surface area contributed by atoms with Crippen molar-refractivity contribution in [3.63, 3.8) is 0 Å². The lowest BCUT2D eigenvalue weighted by atomic mass is 9.88. The summed E-state index contributed by atoms with van der Waals surface area (Å²) in [5.41, 5.74) is 1.13. The summed E-state index contributed by atoms with van der Waals surface area (Å²) in [6, 6.07) is 0.804. The Bertz CT molecular complexity index is 332. The Hall–Kier alpha value is -0.230. The quantitative estimate of drug-likeness (QED) is 0.923. The number of likely N-dealkylation sites (tertiary alicyclic amines) is 1. The number of hydrogen-bond donors (Lipinski definition) is 1. The molecule has 0 radical (unpaired) electrons. The minimum Gasteiger partial charge on any atom is -0.314 e. The van der Waals surface area contributed by atoms with Crippen molar-refractivity contribution < 1.29 is 0 Å². The molecule has 0 amide bonds. The molecule has 3 heterocycles. The smallest absolute Gasteiger partial charge is 0.0895 e. The molecule has 1 N–H and O–H groups in total.